The van der Waals surface area contributed by atoms with Crippen LogP contribution in [0.4, 0.5) is 0 Å². The van der Waals surface area contributed by atoms with E-state index in [2.05, 4.69) is 47.4 Å². The highest BCUT2D eigenvalue weighted by atomic mass is 79.9. The minimum atomic E-state index is -0.289. The second-order valence-electron chi connectivity index (χ2n) is 4.98. The highest BCUT2D eigenvalue weighted by molar-refractivity contribution is 9.11. The number of rotatable bonds is 4. The van der Waals surface area contributed by atoms with Crippen LogP contribution in [0.15, 0.2) is 56.8 Å². The number of amides is 1. The van der Waals surface area contributed by atoms with E-state index in [4.69, 9.17) is 0 Å². The number of phenols is 1. The number of hydrazone groups is 1. The Morgan fingerprint density at radius 3 is 2.96 bits per heavy atom. The fourth-order valence-electron chi connectivity index (χ4n) is 2.18. The lowest BCUT2D eigenvalue weighted by atomic mass is 10.2. The monoisotopic (exact) mass is 450 g/mol. The first kappa shape index (κ1) is 16.7. The normalized spacial score (nSPS) is 11.2. The summed E-state index contributed by atoms with van der Waals surface area (Å²) in [6, 6.07) is 11.0. The largest absolute Gasteiger partial charge is 0.506 e. The molecule has 24 heavy (non-hydrogen) atoms. The first-order valence-electron chi connectivity index (χ1n) is 6.94. The second kappa shape index (κ2) is 7.14. The molecule has 122 valence electrons. The highest BCUT2D eigenvalue weighted by Gasteiger charge is 2.07. The van der Waals surface area contributed by atoms with E-state index in [-0.39, 0.29) is 18.2 Å². The maximum absolute atomic E-state index is 12.0. The van der Waals surface area contributed by atoms with E-state index in [1.807, 2.05) is 24.3 Å². The second-order valence-corrected chi connectivity index (χ2v) is 6.75. The molecular formula is C16H12Br2N4O2. The zero-order valence-electron chi connectivity index (χ0n) is 12.3. The quantitative estimate of drug-likeness (QED) is 0.471. The van der Waals surface area contributed by atoms with Crippen molar-refractivity contribution in [2.75, 3.05) is 0 Å². The number of aromatic hydroxyl groups is 1. The van der Waals surface area contributed by atoms with Gasteiger partial charge in [-0.15, -0.1) is 0 Å². The number of hydrogen-bond donors (Lipinski definition) is 2. The predicted octanol–water partition coefficient (Wildman–Crippen LogP) is 3.42. The summed E-state index contributed by atoms with van der Waals surface area (Å²) in [5.41, 5.74) is 4.63. The zero-order valence-corrected chi connectivity index (χ0v) is 15.5. The number of halogens is 2. The number of para-hydroxylation sites is 2. The fraction of sp³-hybridized carbons (Fsp3) is 0.0625. The molecule has 1 heterocycles. The highest BCUT2D eigenvalue weighted by Crippen LogP contribution is 2.30. The van der Waals surface area contributed by atoms with Gasteiger partial charge in [0.15, 0.2) is 0 Å². The van der Waals surface area contributed by atoms with Crippen molar-refractivity contribution in [2.45, 2.75) is 6.54 Å². The minimum absolute atomic E-state index is 0.0526. The van der Waals surface area contributed by atoms with Gasteiger partial charge in [0, 0.05) is 10.0 Å². The van der Waals surface area contributed by atoms with Crippen molar-refractivity contribution in [3.05, 3.63) is 57.2 Å². The molecule has 8 heteroatoms. The van der Waals surface area contributed by atoms with Crippen LogP contribution in [0.5, 0.6) is 5.75 Å². The summed E-state index contributed by atoms with van der Waals surface area (Å²) in [7, 11) is 0. The van der Waals surface area contributed by atoms with Gasteiger partial charge in [-0.1, -0.05) is 28.1 Å². The topological polar surface area (TPSA) is 79.5 Å². The van der Waals surface area contributed by atoms with E-state index in [1.54, 1.807) is 23.0 Å². The summed E-state index contributed by atoms with van der Waals surface area (Å²) >= 11 is 6.57. The number of aromatic nitrogens is 2. The Morgan fingerprint density at radius 2 is 2.12 bits per heavy atom. The molecule has 0 bridgehead atoms. The van der Waals surface area contributed by atoms with Crippen molar-refractivity contribution in [3.8, 4) is 5.75 Å². The molecule has 0 fully saturated rings. The van der Waals surface area contributed by atoms with E-state index in [9.17, 15) is 9.90 Å². The Labute approximate surface area is 154 Å². The van der Waals surface area contributed by atoms with E-state index in [0.717, 1.165) is 15.5 Å². The molecule has 2 N–H and O–H groups in total. The van der Waals surface area contributed by atoms with Crippen LogP contribution in [0.3, 0.4) is 0 Å². The number of nitrogens with zero attached hydrogens (tertiary/aromatic N) is 3. The molecule has 0 saturated heterocycles. The van der Waals surface area contributed by atoms with Gasteiger partial charge in [0.05, 0.1) is 28.0 Å². The van der Waals surface area contributed by atoms with Gasteiger partial charge in [-0.05, 0) is 40.2 Å². The number of phenolic OH excluding ortho intramolecular Hbond substituents is 1. The summed E-state index contributed by atoms with van der Waals surface area (Å²) in [5, 5.41) is 13.8. The van der Waals surface area contributed by atoms with Crippen LogP contribution in [0.2, 0.25) is 0 Å². The van der Waals surface area contributed by atoms with Crippen molar-refractivity contribution >= 4 is 55.0 Å². The zero-order chi connectivity index (χ0) is 17.1. The van der Waals surface area contributed by atoms with Crippen molar-refractivity contribution in [1.82, 2.24) is 15.0 Å². The molecule has 3 aromatic rings. The lowest BCUT2D eigenvalue weighted by molar-refractivity contribution is -0.121. The van der Waals surface area contributed by atoms with Gasteiger partial charge in [-0.25, -0.2) is 10.4 Å². The van der Waals surface area contributed by atoms with Gasteiger partial charge in [0.25, 0.3) is 5.91 Å². The molecule has 0 atom stereocenters. The van der Waals surface area contributed by atoms with Gasteiger partial charge in [0.1, 0.15) is 12.3 Å². The Kier molecular flexibility index (Phi) is 4.96. The lowest BCUT2D eigenvalue weighted by Gasteiger charge is -2.04. The molecule has 0 aliphatic rings. The molecule has 0 aliphatic carbocycles. The van der Waals surface area contributed by atoms with Crippen LogP contribution in [0, 0.1) is 0 Å². The molecule has 6 nitrogen and oxygen atoms in total. The number of hydrogen-bond acceptors (Lipinski definition) is 4. The fourth-order valence-corrected chi connectivity index (χ4v) is 3.44. The Morgan fingerprint density at radius 1 is 1.33 bits per heavy atom. The molecular weight excluding hydrogens is 440 g/mol. The molecule has 0 spiro atoms. The van der Waals surface area contributed by atoms with Crippen molar-refractivity contribution in [2.24, 2.45) is 5.10 Å². The molecule has 0 radical (unpaired) electrons. The Bertz CT molecular complexity index is 937. The van der Waals surface area contributed by atoms with E-state index in [1.165, 1.54) is 6.21 Å². The van der Waals surface area contributed by atoms with Crippen LogP contribution in [-0.4, -0.2) is 26.8 Å². The maximum atomic E-state index is 12.0. The van der Waals surface area contributed by atoms with E-state index < -0.39 is 0 Å². The molecule has 0 unspecified atom stereocenters. The van der Waals surface area contributed by atoms with Crippen LogP contribution < -0.4 is 5.43 Å². The predicted molar refractivity (Wildman–Crippen MR) is 99.0 cm³/mol. The first-order valence-corrected chi connectivity index (χ1v) is 8.53. The van der Waals surface area contributed by atoms with E-state index in [0.29, 0.717) is 10.0 Å². The molecule has 0 saturated carbocycles. The van der Waals surface area contributed by atoms with Gasteiger partial charge in [-0.3, -0.25) is 4.79 Å². The molecule has 1 amide bonds. The summed E-state index contributed by atoms with van der Waals surface area (Å²) in [6.45, 7) is 0.103. The van der Waals surface area contributed by atoms with Crippen LogP contribution >= 0.6 is 31.9 Å². The standard InChI is InChI=1S/C16H12Br2N4O2/c17-11-5-10(16(24)12(18)6-11)7-20-21-15(23)8-22-9-19-13-3-1-2-4-14(13)22/h1-7,9,24H,8H2,(H,21,23)/b20-7+. The van der Waals surface area contributed by atoms with Crippen molar-refractivity contribution in [1.29, 1.82) is 0 Å². The van der Waals surface area contributed by atoms with Gasteiger partial charge in [0.2, 0.25) is 0 Å². The van der Waals surface area contributed by atoms with Crippen LogP contribution in [0.1, 0.15) is 5.56 Å². The first-order chi connectivity index (χ1) is 11.5. The molecule has 1 aromatic heterocycles. The van der Waals surface area contributed by atoms with Gasteiger partial charge >= 0.3 is 0 Å². The van der Waals surface area contributed by atoms with E-state index >= 15 is 0 Å². The smallest absolute Gasteiger partial charge is 0.260 e. The third-order valence-corrected chi connectivity index (χ3v) is 4.35. The number of fused-ring (bicyclic) bond motifs is 1. The summed E-state index contributed by atoms with van der Waals surface area (Å²) in [6.07, 6.45) is 3.00. The van der Waals surface area contributed by atoms with Crippen molar-refractivity contribution < 1.29 is 9.90 Å². The maximum Gasteiger partial charge on any atom is 0.260 e. The third kappa shape index (κ3) is 3.65. The Hall–Kier alpha value is -2.19. The third-order valence-electron chi connectivity index (χ3n) is 3.29. The minimum Gasteiger partial charge on any atom is -0.506 e. The SMILES string of the molecule is O=C(Cn1cnc2ccccc21)N/N=C/c1cc(Br)cc(Br)c1O. The summed E-state index contributed by atoms with van der Waals surface area (Å²) in [4.78, 5) is 16.2. The number of benzene rings is 2. The van der Waals surface area contributed by atoms with Gasteiger partial charge < -0.3 is 9.67 Å². The van der Waals surface area contributed by atoms with Crippen molar-refractivity contribution in [3.63, 3.8) is 0 Å². The van der Waals surface area contributed by atoms with Gasteiger partial charge in [-0.2, -0.15) is 5.10 Å². The Balaban J connectivity index is 1.68. The average Bonchev–Trinajstić information content (AvgIpc) is 2.95. The number of carbonyl (C=O) groups excluding carboxylic acids is 1. The number of carbonyl (C=O) groups is 1. The summed E-state index contributed by atoms with van der Waals surface area (Å²) in [5.74, 6) is -0.236. The number of imidazole rings is 1. The average molecular weight is 452 g/mol. The lowest BCUT2D eigenvalue weighted by Crippen LogP contribution is -2.22. The molecule has 2 aromatic carbocycles. The summed E-state index contributed by atoms with van der Waals surface area (Å²) < 4.78 is 3.06. The van der Waals surface area contributed by atoms with Crippen LogP contribution in [0.25, 0.3) is 11.0 Å². The van der Waals surface area contributed by atoms with Crippen LogP contribution in [-0.2, 0) is 11.3 Å². The number of nitrogens with one attached hydrogen (secondary N) is 1. The molecule has 3 rings (SSSR count). The molecule has 0 aliphatic heterocycles.